The molecular formula is C12H15N3O. The van der Waals surface area contributed by atoms with Crippen LogP contribution < -0.4 is 5.73 Å². The van der Waals surface area contributed by atoms with Gasteiger partial charge in [-0.25, -0.2) is 4.68 Å². The fourth-order valence-corrected chi connectivity index (χ4v) is 1.63. The SMILES string of the molecule is C[C@@H](O)Cc1cc(N)n(-c2ccccc2)n1. The van der Waals surface area contributed by atoms with E-state index in [2.05, 4.69) is 5.10 Å². The van der Waals surface area contributed by atoms with Crippen LogP contribution in [0.2, 0.25) is 0 Å². The lowest BCUT2D eigenvalue weighted by Gasteiger charge is -2.03. The monoisotopic (exact) mass is 217 g/mol. The molecule has 0 aliphatic heterocycles. The molecule has 84 valence electrons. The number of aliphatic hydroxyl groups is 1. The Balaban J connectivity index is 2.32. The normalized spacial score (nSPS) is 12.6. The van der Waals surface area contributed by atoms with E-state index in [0.29, 0.717) is 12.2 Å². The summed E-state index contributed by atoms with van der Waals surface area (Å²) in [5.74, 6) is 0.585. The van der Waals surface area contributed by atoms with Crippen LogP contribution >= 0.6 is 0 Å². The van der Waals surface area contributed by atoms with Crippen LogP contribution in [0.1, 0.15) is 12.6 Å². The Bertz CT molecular complexity index is 462. The molecule has 2 rings (SSSR count). The lowest BCUT2D eigenvalue weighted by atomic mass is 10.2. The molecule has 0 radical (unpaired) electrons. The quantitative estimate of drug-likeness (QED) is 0.816. The van der Waals surface area contributed by atoms with Crippen LogP contribution in [-0.2, 0) is 6.42 Å². The number of hydrogen-bond donors (Lipinski definition) is 2. The second-order valence-electron chi connectivity index (χ2n) is 3.86. The fourth-order valence-electron chi connectivity index (χ4n) is 1.63. The largest absolute Gasteiger partial charge is 0.393 e. The van der Waals surface area contributed by atoms with Crippen molar-refractivity contribution in [3.63, 3.8) is 0 Å². The van der Waals surface area contributed by atoms with E-state index in [9.17, 15) is 5.11 Å². The third kappa shape index (κ3) is 2.23. The third-order valence-electron chi connectivity index (χ3n) is 2.29. The summed E-state index contributed by atoms with van der Waals surface area (Å²) < 4.78 is 1.68. The maximum Gasteiger partial charge on any atom is 0.127 e. The van der Waals surface area contributed by atoms with Gasteiger partial charge in [-0.3, -0.25) is 0 Å². The highest BCUT2D eigenvalue weighted by Crippen LogP contribution is 2.14. The van der Waals surface area contributed by atoms with Crippen molar-refractivity contribution in [3.05, 3.63) is 42.1 Å². The maximum atomic E-state index is 9.29. The van der Waals surface area contributed by atoms with Crippen molar-refractivity contribution < 1.29 is 5.11 Å². The summed E-state index contributed by atoms with van der Waals surface area (Å²) in [5, 5.41) is 13.6. The van der Waals surface area contributed by atoms with Crippen molar-refractivity contribution in [2.45, 2.75) is 19.4 Å². The number of benzene rings is 1. The molecule has 0 aliphatic carbocycles. The Hall–Kier alpha value is -1.81. The summed E-state index contributed by atoms with van der Waals surface area (Å²) in [6, 6.07) is 11.5. The predicted molar refractivity (Wildman–Crippen MR) is 63.4 cm³/mol. The summed E-state index contributed by atoms with van der Waals surface area (Å²) in [6.45, 7) is 1.73. The molecule has 4 nitrogen and oxygen atoms in total. The molecule has 0 aliphatic rings. The molecule has 0 saturated carbocycles. The number of aromatic nitrogens is 2. The highest BCUT2D eigenvalue weighted by Gasteiger charge is 2.08. The molecule has 1 aromatic heterocycles. The van der Waals surface area contributed by atoms with E-state index in [1.54, 1.807) is 17.7 Å². The van der Waals surface area contributed by atoms with E-state index in [0.717, 1.165) is 11.4 Å². The van der Waals surface area contributed by atoms with Gasteiger partial charge in [0.15, 0.2) is 0 Å². The van der Waals surface area contributed by atoms with Gasteiger partial charge in [0.1, 0.15) is 5.82 Å². The number of hydrogen-bond acceptors (Lipinski definition) is 3. The van der Waals surface area contributed by atoms with Crippen molar-refractivity contribution in [2.75, 3.05) is 5.73 Å². The molecule has 0 saturated heterocycles. The minimum atomic E-state index is -0.404. The summed E-state index contributed by atoms with van der Waals surface area (Å²) in [5.41, 5.74) is 7.60. The second-order valence-corrected chi connectivity index (χ2v) is 3.86. The maximum absolute atomic E-state index is 9.29. The second kappa shape index (κ2) is 4.37. The number of aliphatic hydroxyl groups excluding tert-OH is 1. The van der Waals surface area contributed by atoms with E-state index in [1.807, 2.05) is 30.3 Å². The number of nitrogen functional groups attached to an aromatic ring is 1. The fraction of sp³-hybridized carbons (Fsp3) is 0.250. The van der Waals surface area contributed by atoms with E-state index in [1.165, 1.54) is 0 Å². The first kappa shape index (κ1) is 10.7. The zero-order valence-electron chi connectivity index (χ0n) is 9.17. The lowest BCUT2D eigenvalue weighted by molar-refractivity contribution is 0.194. The standard InChI is InChI=1S/C12H15N3O/c1-9(16)7-10-8-12(13)15(14-10)11-5-3-2-4-6-11/h2-6,8-9,16H,7,13H2,1H3/t9-/m1/s1. The number of anilines is 1. The molecule has 0 bridgehead atoms. The average molecular weight is 217 g/mol. The number of nitrogens with two attached hydrogens (primary N) is 1. The average Bonchev–Trinajstić information content (AvgIpc) is 2.60. The molecule has 0 spiro atoms. The molecule has 0 amide bonds. The Morgan fingerprint density at radius 2 is 2.06 bits per heavy atom. The lowest BCUT2D eigenvalue weighted by Crippen LogP contribution is -2.06. The summed E-state index contributed by atoms with van der Waals surface area (Å²) >= 11 is 0. The Labute approximate surface area is 94.3 Å². The van der Waals surface area contributed by atoms with Crippen LogP contribution in [0.25, 0.3) is 5.69 Å². The van der Waals surface area contributed by atoms with Gasteiger partial charge in [0.25, 0.3) is 0 Å². The zero-order chi connectivity index (χ0) is 11.5. The van der Waals surface area contributed by atoms with Gasteiger partial charge in [-0.1, -0.05) is 18.2 Å². The minimum Gasteiger partial charge on any atom is -0.393 e. The highest BCUT2D eigenvalue weighted by atomic mass is 16.3. The minimum absolute atomic E-state index is 0.404. The van der Waals surface area contributed by atoms with Gasteiger partial charge in [0.05, 0.1) is 17.5 Å². The Kier molecular flexibility index (Phi) is 2.92. The Morgan fingerprint density at radius 1 is 1.38 bits per heavy atom. The summed E-state index contributed by atoms with van der Waals surface area (Å²) in [6.07, 6.45) is 0.114. The van der Waals surface area contributed by atoms with Crippen molar-refractivity contribution in [3.8, 4) is 5.69 Å². The smallest absolute Gasteiger partial charge is 0.127 e. The highest BCUT2D eigenvalue weighted by molar-refractivity contribution is 5.42. The first-order valence-corrected chi connectivity index (χ1v) is 5.24. The molecule has 4 heteroatoms. The van der Waals surface area contributed by atoms with Crippen LogP contribution in [0.15, 0.2) is 36.4 Å². The van der Waals surface area contributed by atoms with Crippen LogP contribution in [0.3, 0.4) is 0 Å². The van der Waals surface area contributed by atoms with Crippen LogP contribution in [0.4, 0.5) is 5.82 Å². The van der Waals surface area contributed by atoms with E-state index < -0.39 is 6.10 Å². The van der Waals surface area contributed by atoms with Gasteiger partial charge in [-0.15, -0.1) is 0 Å². The Morgan fingerprint density at radius 3 is 2.69 bits per heavy atom. The molecule has 0 fully saturated rings. The number of nitrogens with zero attached hydrogens (tertiary/aromatic N) is 2. The molecule has 3 N–H and O–H groups in total. The molecule has 16 heavy (non-hydrogen) atoms. The van der Waals surface area contributed by atoms with Gasteiger partial charge < -0.3 is 10.8 Å². The van der Waals surface area contributed by atoms with Crippen molar-refractivity contribution in [2.24, 2.45) is 0 Å². The zero-order valence-corrected chi connectivity index (χ0v) is 9.17. The summed E-state index contributed by atoms with van der Waals surface area (Å²) in [4.78, 5) is 0. The molecular weight excluding hydrogens is 202 g/mol. The first-order valence-electron chi connectivity index (χ1n) is 5.24. The van der Waals surface area contributed by atoms with Crippen LogP contribution in [0, 0.1) is 0 Å². The molecule has 2 aromatic rings. The van der Waals surface area contributed by atoms with Crippen LogP contribution in [0.5, 0.6) is 0 Å². The molecule has 0 unspecified atom stereocenters. The summed E-state index contributed by atoms with van der Waals surface area (Å²) in [7, 11) is 0. The van der Waals surface area contributed by atoms with E-state index >= 15 is 0 Å². The van der Waals surface area contributed by atoms with Gasteiger partial charge in [-0.2, -0.15) is 5.10 Å². The molecule has 1 aromatic carbocycles. The number of rotatable bonds is 3. The van der Waals surface area contributed by atoms with Crippen molar-refractivity contribution in [1.29, 1.82) is 0 Å². The van der Waals surface area contributed by atoms with Crippen molar-refractivity contribution in [1.82, 2.24) is 9.78 Å². The van der Waals surface area contributed by atoms with E-state index in [4.69, 9.17) is 5.73 Å². The van der Waals surface area contributed by atoms with Crippen LogP contribution in [-0.4, -0.2) is 21.0 Å². The van der Waals surface area contributed by atoms with Gasteiger partial charge in [-0.05, 0) is 19.1 Å². The van der Waals surface area contributed by atoms with Crippen molar-refractivity contribution >= 4 is 5.82 Å². The third-order valence-corrected chi connectivity index (χ3v) is 2.29. The molecule has 1 heterocycles. The van der Waals surface area contributed by atoms with E-state index in [-0.39, 0.29) is 0 Å². The number of para-hydroxylation sites is 1. The topological polar surface area (TPSA) is 64.1 Å². The van der Waals surface area contributed by atoms with Gasteiger partial charge in [0.2, 0.25) is 0 Å². The van der Waals surface area contributed by atoms with Gasteiger partial charge >= 0.3 is 0 Å². The first-order chi connectivity index (χ1) is 7.66. The predicted octanol–water partition coefficient (Wildman–Crippen LogP) is 1.38. The molecule has 1 atom stereocenters. The van der Waals surface area contributed by atoms with Gasteiger partial charge in [0, 0.05) is 12.5 Å².